The molecule has 0 aliphatic heterocycles. The number of non-ortho nitro benzene ring substituents is 3. The van der Waals surface area contributed by atoms with E-state index in [0.717, 1.165) is 24.3 Å². The van der Waals surface area contributed by atoms with Crippen LogP contribution in [-0.4, -0.2) is 26.6 Å². The first-order valence-corrected chi connectivity index (χ1v) is 9.35. The largest absolute Gasteiger partial charge is 0.363 e. The second-order valence-electron chi connectivity index (χ2n) is 6.60. The maximum absolute atomic E-state index is 12.2. The van der Waals surface area contributed by atoms with Gasteiger partial charge in [0, 0.05) is 29.8 Å². The normalized spacial score (nSPS) is 10.5. The third-order valence-corrected chi connectivity index (χ3v) is 4.27. The van der Waals surface area contributed by atoms with E-state index in [0.29, 0.717) is 6.07 Å². The minimum atomic E-state index is -1.10. The van der Waals surface area contributed by atoms with Crippen LogP contribution in [0.3, 0.4) is 0 Å². The first-order valence-electron chi connectivity index (χ1n) is 9.35. The molecule has 15 heteroatoms. The van der Waals surface area contributed by atoms with Crippen LogP contribution in [0.25, 0.3) is 0 Å². The lowest BCUT2D eigenvalue weighted by molar-refractivity contribution is -0.394. The van der Waals surface area contributed by atoms with Crippen LogP contribution in [0, 0.1) is 30.3 Å². The smallest absolute Gasteiger partial charge is 0.338 e. The van der Waals surface area contributed by atoms with E-state index in [1.54, 1.807) is 0 Å². The van der Waals surface area contributed by atoms with Crippen molar-refractivity contribution in [2.75, 3.05) is 5.48 Å². The molecule has 0 saturated carbocycles. The third-order valence-electron chi connectivity index (χ3n) is 4.27. The molecule has 0 heterocycles. The Labute approximate surface area is 194 Å². The van der Waals surface area contributed by atoms with E-state index in [1.807, 2.05) is 0 Å². The monoisotopic (exact) mass is 480 g/mol. The lowest BCUT2D eigenvalue weighted by Crippen LogP contribution is -2.11. The summed E-state index contributed by atoms with van der Waals surface area (Å²) in [5.74, 6) is -1.82. The number of nitro benzene ring substituents is 3. The molecule has 3 rings (SSSR count). The number of nitrogens with zero attached hydrogens (tertiary/aromatic N) is 5. The summed E-state index contributed by atoms with van der Waals surface area (Å²) in [6, 6.07) is 12.9. The predicted molar refractivity (Wildman–Crippen MR) is 117 cm³/mol. The van der Waals surface area contributed by atoms with Gasteiger partial charge in [-0.25, -0.2) is 10.3 Å². The number of rotatable bonds is 8. The highest BCUT2D eigenvalue weighted by Gasteiger charge is 2.21. The maximum atomic E-state index is 12.2. The number of benzene rings is 3. The molecule has 3 aromatic rings. The fourth-order valence-electron chi connectivity index (χ4n) is 2.57. The standard InChI is InChI=1S/C20H12N6O9/c27-19(12-1-7-16(8-2-12)24(29)30)22-21-14-3-5-15(6-4-14)23-35-20(28)13-9-17(25(31)32)11-18(10-13)26(33)34/h1-11,23H. The van der Waals surface area contributed by atoms with Crippen LogP contribution < -0.4 is 5.48 Å². The van der Waals surface area contributed by atoms with Crippen molar-refractivity contribution < 1.29 is 29.2 Å². The summed E-state index contributed by atoms with van der Waals surface area (Å²) in [5, 5.41) is 39.8. The Morgan fingerprint density at radius 1 is 0.714 bits per heavy atom. The van der Waals surface area contributed by atoms with Gasteiger partial charge in [0.2, 0.25) is 0 Å². The van der Waals surface area contributed by atoms with Crippen molar-refractivity contribution in [1.82, 2.24) is 0 Å². The molecule has 3 aromatic carbocycles. The summed E-state index contributed by atoms with van der Waals surface area (Å²) in [6.45, 7) is 0. The second-order valence-corrected chi connectivity index (χ2v) is 6.60. The summed E-state index contributed by atoms with van der Waals surface area (Å²) in [6.07, 6.45) is 0. The molecule has 0 unspecified atom stereocenters. The van der Waals surface area contributed by atoms with E-state index < -0.39 is 43.6 Å². The number of carbonyl (C=O) groups excluding carboxylic acids is 2. The van der Waals surface area contributed by atoms with Gasteiger partial charge in [0.1, 0.15) is 0 Å². The minimum absolute atomic E-state index is 0.103. The Morgan fingerprint density at radius 2 is 1.26 bits per heavy atom. The molecule has 0 bridgehead atoms. The SMILES string of the molecule is O=C(N=Nc1ccc(NOC(=O)c2cc([N+](=O)[O-])cc([N+](=O)[O-])c2)cc1)c1ccc([N+](=O)[O-])cc1. The zero-order valence-corrected chi connectivity index (χ0v) is 17.3. The van der Waals surface area contributed by atoms with Gasteiger partial charge in [-0.3, -0.25) is 35.1 Å². The van der Waals surface area contributed by atoms with Gasteiger partial charge < -0.3 is 4.84 Å². The Kier molecular flexibility index (Phi) is 7.11. The molecule has 0 aromatic heterocycles. The number of carbonyl (C=O) groups is 2. The highest BCUT2D eigenvalue weighted by atomic mass is 16.7. The van der Waals surface area contributed by atoms with Crippen molar-refractivity contribution in [3.8, 4) is 0 Å². The molecular formula is C20H12N6O9. The fourth-order valence-corrected chi connectivity index (χ4v) is 2.57. The zero-order valence-electron chi connectivity index (χ0n) is 17.3. The molecule has 176 valence electrons. The van der Waals surface area contributed by atoms with Gasteiger partial charge in [0.25, 0.3) is 23.0 Å². The van der Waals surface area contributed by atoms with Crippen molar-refractivity contribution in [3.63, 3.8) is 0 Å². The quantitative estimate of drug-likeness (QED) is 0.270. The number of hydrogen-bond donors (Lipinski definition) is 1. The van der Waals surface area contributed by atoms with Crippen molar-refractivity contribution >= 4 is 40.3 Å². The second kappa shape index (κ2) is 10.3. The van der Waals surface area contributed by atoms with Gasteiger partial charge in [-0.1, -0.05) is 0 Å². The molecule has 0 atom stereocenters. The summed E-state index contributed by atoms with van der Waals surface area (Å²) in [4.78, 5) is 59.2. The van der Waals surface area contributed by atoms with Gasteiger partial charge in [-0.15, -0.1) is 10.2 Å². The van der Waals surface area contributed by atoms with Gasteiger partial charge >= 0.3 is 5.97 Å². The van der Waals surface area contributed by atoms with E-state index in [2.05, 4.69) is 15.7 Å². The van der Waals surface area contributed by atoms with E-state index in [-0.39, 0.29) is 22.6 Å². The summed E-state index contributed by atoms with van der Waals surface area (Å²) < 4.78 is 0. The molecule has 0 radical (unpaired) electrons. The Balaban J connectivity index is 1.62. The number of azo groups is 1. The number of nitrogens with one attached hydrogen (secondary N) is 1. The highest BCUT2D eigenvalue weighted by Crippen LogP contribution is 2.24. The number of nitro groups is 3. The Bertz CT molecular complexity index is 1320. The van der Waals surface area contributed by atoms with Crippen molar-refractivity contribution in [2.24, 2.45) is 10.2 Å². The Morgan fingerprint density at radius 3 is 1.77 bits per heavy atom. The number of hydrogen-bond acceptors (Lipinski definition) is 11. The van der Waals surface area contributed by atoms with Gasteiger partial charge in [-0.2, -0.15) is 0 Å². The van der Waals surface area contributed by atoms with Gasteiger partial charge in [-0.05, 0) is 36.4 Å². The molecule has 1 amide bonds. The number of anilines is 1. The van der Waals surface area contributed by atoms with E-state index in [4.69, 9.17) is 4.84 Å². The van der Waals surface area contributed by atoms with Crippen LogP contribution in [0.15, 0.2) is 77.0 Å². The zero-order chi connectivity index (χ0) is 25.5. The molecule has 1 N–H and O–H groups in total. The lowest BCUT2D eigenvalue weighted by atomic mass is 10.2. The van der Waals surface area contributed by atoms with Crippen LogP contribution in [-0.2, 0) is 4.84 Å². The van der Waals surface area contributed by atoms with E-state index in [1.165, 1.54) is 36.4 Å². The summed E-state index contributed by atoms with van der Waals surface area (Å²) in [7, 11) is 0. The average Bonchev–Trinajstić information content (AvgIpc) is 2.86. The molecule has 0 saturated heterocycles. The van der Waals surface area contributed by atoms with Crippen molar-refractivity contribution in [1.29, 1.82) is 0 Å². The van der Waals surface area contributed by atoms with Crippen LogP contribution in [0.4, 0.5) is 28.4 Å². The molecular weight excluding hydrogens is 468 g/mol. The molecule has 35 heavy (non-hydrogen) atoms. The van der Waals surface area contributed by atoms with Crippen molar-refractivity contribution in [3.05, 3.63) is 108 Å². The molecule has 0 aliphatic carbocycles. The lowest BCUT2D eigenvalue weighted by Gasteiger charge is -2.07. The third kappa shape index (κ3) is 6.22. The fraction of sp³-hybridized carbons (Fsp3) is 0. The van der Waals surface area contributed by atoms with E-state index in [9.17, 15) is 39.9 Å². The van der Waals surface area contributed by atoms with Gasteiger partial charge in [0.05, 0.1) is 37.8 Å². The van der Waals surface area contributed by atoms with Crippen LogP contribution >= 0.6 is 0 Å². The summed E-state index contributed by atoms with van der Waals surface area (Å²) >= 11 is 0. The topological polar surface area (TPSA) is 210 Å². The predicted octanol–water partition coefficient (Wildman–Crippen LogP) is 4.52. The molecule has 15 nitrogen and oxygen atoms in total. The van der Waals surface area contributed by atoms with Gasteiger partial charge in [0.15, 0.2) is 0 Å². The van der Waals surface area contributed by atoms with Crippen LogP contribution in [0.2, 0.25) is 0 Å². The number of amides is 1. The molecule has 0 spiro atoms. The first-order chi connectivity index (χ1) is 16.6. The average molecular weight is 480 g/mol. The highest BCUT2D eigenvalue weighted by molar-refractivity contribution is 5.95. The molecule has 0 fully saturated rings. The molecule has 0 aliphatic rings. The first kappa shape index (κ1) is 24.1. The maximum Gasteiger partial charge on any atom is 0.363 e. The Hall–Kier alpha value is -5.60. The van der Waals surface area contributed by atoms with Crippen LogP contribution in [0.5, 0.6) is 0 Å². The summed E-state index contributed by atoms with van der Waals surface area (Å²) in [5.41, 5.74) is 1.02. The van der Waals surface area contributed by atoms with Crippen LogP contribution in [0.1, 0.15) is 20.7 Å². The minimum Gasteiger partial charge on any atom is -0.338 e. The van der Waals surface area contributed by atoms with Crippen molar-refractivity contribution in [2.45, 2.75) is 0 Å². The van der Waals surface area contributed by atoms with E-state index >= 15 is 0 Å².